The third-order valence-electron chi connectivity index (χ3n) is 0. The maximum Gasteiger partial charge on any atom is 0 e. The van der Waals surface area contributed by atoms with Crippen molar-refractivity contribution < 1.29 is 61.6 Å². The third-order valence-corrected chi connectivity index (χ3v) is 0. The summed E-state index contributed by atoms with van der Waals surface area (Å²) in [5, 5.41) is 0. The van der Waals surface area contributed by atoms with Crippen LogP contribution in [0.15, 0.2) is 0 Å². The molecule has 0 saturated heterocycles. The first-order chi connectivity index (χ1) is 0. The molecule has 0 bridgehead atoms. The van der Waals surface area contributed by atoms with Gasteiger partial charge in [-0.1, -0.05) is 0 Å². The van der Waals surface area contributed by atoms with Gasteiger partial charge in [-0.15, -0.1) is 0 Å². The molecule has 0 saturated carbocycles. The second-order valence-electron chi connectivity index (χ2n) is 0. The van der Waals surface area contributed by atoms with Crippen molar-refractivity contribution in [1.82, 2.24) is 0 Å². The van der Waals surface area contributed by atoms with Crippen LogP contribution in [0.2, 0.25) is 0 Å². The van der Waals surface area contributed by atoms with E-state index >= 15 is 0 Å². The Balaban J connectivity index is 0. The molecule has 0 radical (unpaired) electrons. The molecule has 0 aromatic heterocycles. The minimum atomic E-state index is 0. The molecular weight excluding hydrogens is 202 g/mol. The van der Waals surface area contributed by atoms with Gasteiger partial charge in [0.25, 0.3) is 0 Å². The monoisotopic (exact) mass is 206 g/mol. The standard InChI is InChI=1S/2Fe.Ni.2H2O/h;;;2*1H2. The molecular formula is H4Fe2NiO2. The molecule has 0 fully saturated rings. The summed E-state index contributed by atoms with van der Waals surface area (Å²) in [5.74, 6) is 0. The van der Waals surface area contributed by atoms with E-state index in [1.54, 1.807) is 0 Å². The molecule has 0 aromatic carbocycles. The molecule has 0 aliphatic carbocycles. The molecule has 0 rings (SSSR count). The summed E-state index contributed by atoms with van der Waals surface area (Å²) < 4.78 is 0. The van der Waals surface area contributed by atoms with Crippen LogP contribution in [0.4, 0.5) is 0 Å². The van der Waals surface area contributed by atoms with E-state index in [4.69, 9.17) is 0 Å². The maximum absolute atomic E-state index is 0. The van der Waals surface area contributed by atoms with E-state index in [2.05, 4.69) is 0 Å². The first-order valence-corrected chi connectivity index (χ1v) is 0. The van der Waals surface area contributed by atoms with Gasteiger partial charge < -0.3 is 11.0 Å². The Morgan fingerprint density at radius 1 is 0.600 bits per heavy atom. The van der Waals surface area contributed by atoms with Crippen molar-refractivity contribution in [1.29, 1.82) is 0 Å². The van der Waals surface area contributed by atoms with Crippen molar-refractivity contribution >= 4 is 0 Å². The van der Waals surface area contributed by atoms with Crippen LogP contribution in [0.3, 0.4) is 0 Å². The number of rotatable bonds is 0. The second-order valence-corrected chi connectivity index (χ2v) is 0. The first-order valence-electron chi connectivity index (χ1n) is 0. The molecule has 0 aliphatic heterocycles. The summed E-state index contributed by atoms with van der Waals surface area (Å²) in [5.41, 5.74) is 0. The Kier molecular flexibility index (Phi) is 932. The van der Waals surface area contributed by atoms with E-state index < -0.39 is 0 Å². The summed E-state index contributed by atoms with van der Waals surface area (Å²) in [6.45, 7) is 0. The van der Waals surface area contributed by atoms with Crippen LogP contribution in [0, 0.1) is 0 Å². The van der Waals surface area contributed by atoms with Crippen LogP contribution >= 0.6 is 0 Å². The van der Waals surface area contributed by atoms with Crippen molar-refractivity contribution in [3.8, 4) is 0 Å². The van der Waals surface area contributed by atoms with E-state index in [1.807, 2.05) is 0 Å². The Morgan fingerprint density at radius 3 is 0.600 bits per heavy atom. The van der Waals surface area contributed by atoms with Gasteiger partial charge in [0.05, 0.1) is 0 Å². The van der Waals surface area contributed by atoms with Gasteiger partial charge in [-0.25, -0.2) is 0 Å². The molecule has 5 heteroatoms. The molecule has 2 nitrogen and oxygen atoms in total. The van der Waals surface area contributed by atoms with Crippen molar-refractivity contribution in [2.24, 2.45) is 0 Å². The average Bonchev–Trinajstić information content (AvgIpc) is 0. The van der Waals surface area contributed by atoms with Gasteiger partial charge in [0.1, 0.15) is 0 Å². The fraction of sp³-hybridized carbons (Fsp3) is 0. The maximum atomic E-state index is 0. The van der Waals surface area contributed by atoms with Gasteiger partial charge in [-0.3, -0.25) is 0 Å². The zero-order valence-corrected chi connectivity index (χ0v) is 5.22. The van der Waals surface area contributed by atoms with E-state index in [-0.39, 0.29) is 61.6 Å². The number of hydrogen-bond donors (Lipinski definition) is 0. The van der Waals surface area contributed by atoms with E-state index in [0.29, 0.717) is 0 Å². The Labute approximate surface area is 61.6 Å². The summed E-state index contributed by atoms with van der Waals surface area (Å²) in [6, 6.07) is 0. The van der Waals surface area contributed by atoms with Gasteiger partial charge >= 0.3 is 0 Å². The van der Waals surface area contributed by atoms with Crippen LogP contribution in [0.1, 0.15) is 0 Å². The molecule has 4 N–H and O–H groups in total. The van der Waals surface area contributed by atoms with Crippen LogP contribution in [-0.4, -0.2) is 11.0 Å². The van der Waals surface area contributed by atoms with Crippen molar-refractivity contribution in [3.63, 3.8) is 0 Å². The predicted octanol–water partition coefficient (Wildman–Crippen LogP) is -1.66. The summed E-state index contributed by atoms with van der Waals surface area (Å²) in [6.07, 6.45) is 0. The molecule has 5 heavy (non-hydrogen) atoms. The molecule has 0 amide bonds. The Morgan fingerprint density at radius 2 is 0.600 bits per heavy atom. The fourth-order valence-electron chi connectivity index (χ4n) is 0. The molecule has 0 aliphatic rings. The van der Waals surface area contributed by atoms with Crippen molar-refractivity contribution in [2.75, 3.05) is 0 Å². The normalized spacial score (nSPS) is 0. The molecule has 0 spiro atoms. The topological polar surface area (TPSA) is 63.0 Å². The molecule has 0 aromatic rings. The third kappa shape index (κ3) is 30.8. The molecule has 0 atom stereocenters. The summed E-state index contributed by atoms with van der Waals surface area (Å²) in [7, 11) is 0. The Bertz CT molecular complexity index is 7.61. The largest absolute Gasteiger partial charge is 0.412 e. The van der Waals surface area contributed by atoms with E-state index in [1.165, 1.54) is 0 Å². The van der Waals surface area contributed by atoms with Gasteiger partial charge in [-0.2, -0.15) is 0 Å². The van der Waals surface area contributed by atoms with Gasteiger partial charge in [0.15, 0.2) is 0 Å². The van der Waals surface area contributed by atoms with Crippen LogP contribution in [0.5, 0.6) is 0 Å². The van der Waals surface area contributed by atoms with Gasteiger partial charge in [-0.05, 0) is 0 Å². The molecule has 0 heterocycles. The number of hydrogen-bond acceptors (Lipinski definition) is 0. The average molecular weight is 206 g/mol. The van der Waals surface area contributed by atoms with Crippen molar-refractivity contribution in [2.45, 2.75) is 0 Å². The van der Waals surface area contributed by atoms with Gasteiger partial charge in [0, 0.05) is 50.6 Å². The Hall–Kier alpha value is 1.45. The quantitative estimate of drug-likeness (QED) is 0.426. The van der Waals surface area contributed by atoms with Gasteiger partial charge in [0.2, 0.25) is 0 Å². The molecule has 42 valence electrons. The molecule has 0 unspecified atom stereocenters. The van der Waals surface area contributed by atoms with Crippen LogP contribution < -0.4 is 0 Å². The minimum Gasteiger partial charge on any atom is -0.412 e. The first kappa shape index (κ1) is 90.9. The zero-order valence-electron chi connectivity index (χ0n) is 2.02. The predicted molar refractivity (Wildman–Crippen MR) is 7.23 cm³/mol. The van der Waals surface area contributed by atoms with E-state index in [0.717, 1.165) is 0 Å². The SMILES string of the molecule is O.O.[Fe].[Fe].[Ni]. The minimum absolute atomic E-state index is 0. The second kappa shape index (κ2) is 51.2. The smallest absolute Gasteiger partial charge is 0 e. The van der Waals surface area contributed by atoms with Crippen molar-refractivity contribution in [3.05, 3.63) is 0 Å². The summed E-state index contributed by atoms with van der Waals surface area (Å²) >= 11 is 0. The zero-order chi connectivity index (χ0) is 0. The fourth-order valence-corrected chi connectivity index (χ4v) is 0. The van der Waals surface area contributed by atoms with E-state index in [9.17, 15) is 0 Å². The van der Waals surface area contributed by atoms with Crippen LogP contribution in [0.25, 0.3) is 0 Å². The van der Waals surface area contributed by atoms with Crippen LogP contribution in [-0.2, 0) is 50.6 Å². The summed E-state index contributed by atoms with van der Waals surface area (Å²) in [4.78, 5) is 0.